The van der Waals surface area contributed by atoms with Crippen molar-refractivity contribution in [2.24, 2.45) is 0 Å². The molecule has 5 rings (SSSR count). The Hall–Kier alpha value is -3.37. The van der Waals surface area contributed by atoms with Gasteiger partial charge in [-0.3, -0.25) is 9.69 Å². The smallest absolute Gasteiger partial charge is 0.232 e. The Morgan fingerprint density at radius 3 is 2.52 bits per heavy atom. The van der Waals surface area contributed by atoms with E-state index >= 15 is 0 Å². The van der Waals surface area contributed by atoms with Gasteiger partial charge in [-0.15, -0.1) is 0 Å². The third-order valence-electron chi connectivity index (χ3n) is 6.26. The van der Waals surface area contributed by atoms with Crippen LogP contribution in [0.4, 0.5) is 0 Å². The fourth-order valence-corrected chi connectivity index (χ4v) is 4.33. The van der Waals surface area contributed by atoms with Crippen LogP contribution in [0.5, 0.6) is 11.5 Å². The van der Waals surface area contributed by atoms with Gasteiger partial charge >= 0.3 is 0 Å². The molecule has 3 aromatic rings. The lowest BCUT2D eigenvalue weighted by molar-refractivity contribution is 0.0605. The lowest BCUT2D eigenvalue weighted by Gasteiger charge is -2.34. The minimum atomic E-state index is -0.0632. The molecule has 0 aromatic heterocycles. The van der Waals surface area contributed by atoms with Crippen molar-refractivity contribution in [3.05, 3.63) is 99.8 Å². The molecule has 0 spiro atoms. The van der Waals surface area contributed by atoms with E-state index in [1.54, 1.807) is 0 Å². The topological polar surface area (TPSA) is 38.8 Å². The van der Waals surface area contributed by atoms with E-state index < -0.39 is 0 Å². The van der Waals surface area contributed by atoms with Crippen molar-refractivity contribution in [1.29, 1.82) is 0 Å². The molecule has 2 heterocycles. The maximum absolute atomic E-state index is 13.2. The van der Waals surface area contributed by atoms with Gasteiger partial charge in [0.15, 0.2) is 5.76 Å². The number of Topliss-reactive ketones (excluding diaryl/α,β-unsaturated/α-hetero) is 1. The average Bonchev–Trinajstić information content (AvgIpc) is 3.12. The van der Waals surface area contributed by atoms with Gasteiger partial charge in [-0.1, -0.05) is 54.6 Å². The van der Waals surface area contributed by atoms with Crippen LogP contribution in [-0.2, 0) is 6.54 Å². The zero-order chi connectivity index (χ0) is 21.5. The Bertz CT molecular complexity index is 1200. The van der Waals surface area contributed by atoms with Crippen LogP contribution >= 0.6 is 0 Å². The summed E-state index contributed by atoms with van der Waals surface area (Å²) >= 11 is 0. The number of hydrogen-bond donors (Lipinski definition) is 0. The fraction of sp³-hybridized carbons (Fsp3) is 0.222. The molecule has 0 saturated carbocycles. The highest BCUT2D eigenvalue weighted by molar-refractivity contribution is 6.16. The first-order valence-electron chi connectivity index (χ1n) is 10.6. The van der Waals surface area contributed by atoms with E-state index in [0.717, 1.165) is 28.0 Å². The van der Waals surface area contributed by atoms with Crippen molar-refractivity contribution in [3.8, 4) is 11.5 Å². The molecule has 2 aliphatic rings. The number of rotatable bonds is 3. The van der Waals surface area contributed by atoms with Crippen molar-refractivity contribution in [2.75, 3.05) is 6.73 Å². The molecule has 3 aromatic carbocycles. The molecule has 2 aliphatic heterocycles. The maximum atomic E-state index is 13.2. The Morgan fingerprint density at radius 1 is 1.00 bits per heavy atom. The second-order valence-electron chi connectivity index (χ2n) is 8.28. The van der Waals surface area contributed by atoms with Crippen molar-refractivity contribution >= 4 is 11.9 Å². The van der Waals surface area contributed by atoms with E-state index in [1.165, 1.54) is 5.56 Å². The number of ether oxygens (including phenoxy) is 2. The molecule has 0 aliphatic carbocycles. The molecular formula is C27H25NO3. The molecular weight excluding hydrogens is 386 g/mol. The minimum Gasteiger partial charge on any atom is -0.478 e. The number of allylic oxidation sites excluding steroid dienone is 1. The van der Waals surface area contributed by atoms with Crippen LogP contribution in [0.15, 0.2) is 66.4 Å². The Balaban J connectivity index is 1.51. The highest BCUT2D eigenvalue weighted by atomic mass is 16.5. The molecule has 0 saturated heterocycles. The van der Waals surface area contributed by atoms with Crippen LogP contribution in [0.3, 0.4) is 0 Å². The second kappa shape index (κ2) is 7.71. The zero-order valence-electron chi connectivity index (χ0n) is 18.0. The predicted octanol–water partition coefficient (Wildman–Crippen LogP) is 5.83. The van der Waals surface area contributed by atoms with Crippen LogP contribution in [-0.4, -0.2) is 17.4 Å². The third kappa shape index (κ3) is 3.43. The normalized spacial score (nSPS) is 17.6. The van der Waals surface area contributed by atoms with Crippen LogP contribution in [0, 0.1) is 13.8 Å². The number of carbonyl (C=O) groups is 1. The van der Waals surface area contributed by atoms with Crippen molar-refractivity contribution in [1.82, 2.24) is 4.90 Å². The lowest BCUT2D eigenvalue weighted by Crippen LogP contribution is -2.34. The summed E-state index contributed by atoms with van der Waals surface area (Å²) < 4.78 is 12.3. The van der Waals surface area contributed by atoms with Gasteiger partial charge in [0, 0.05) is 12.6 Å². The Morgan fingerprint density at radius 2 is 1.74 bits per heavy atom. The molecule has 1 atom stereocenters. The summed E-state index contributed by atoms with van der Waals surface area (Å²) in [4.78, 5) is 15.5. The SMILES string of the molecule is Cc1ccccc1/C=C1\Oc2c3c(cc(C)c2C1=O)OCN(C(C)c1ccccc1)C3. The molecule has 0 fully saturated rings. The molecule has 4 heteroatoms. The van der Waals surface area contributed by atoms with Gasteiger partial charge in [0.2, 0.25) is 5.78 Å². The van der Waals surface area contributed by atoms with E-state index in [2.05, 4.69) is 36.1 Å². The first kappa shape index (κ1) is 19.6. The van der Waals surface area contributed by atoms with E-state index in [9.17, 15) is 4.79 Å². The van der Waals surface area contributed by atoms with Crippen molar-refractivity contribution < 1.29 is 14.3 Å². The molecule has 1 unspecified atom stereocenters. The molecule has 31 heavy (non-hydrogen) atoms. The summed E-state index contributed by atoms with van der Waals surface area (Å²) in [5, 5.41) is 0. The summed E-state index contributed by atoms with van der Waals surface area (Å²) in [6.45, 7) is 7.32. The fourth-order valence-electron chi connectivity index (χ4n) is 4.33. The van der Waals surface area contributed by atoms with E-state index in [4.69, 9.17) is 9.47 Å². The molecule has 0 amide bonds. The van der Waals surface area contributed by atoms with Gasteiger partial charge in [-0.2, -0.15) is 0 Å². The average molecular weight is 412 g/mol. The predicted molar refractivity (Wildman–Crippen MR) is 121 cm³/mol. The van der Waals surface area contributed by atoms with Gasteiger partial charge in [-0.05, 0) is 55.2 Å². The van der Waals surface area contributed by atoms with Gasteiger partial charge in [0.05, 0.1) is 11.1 Å². The standard InChI is InChI=1S/C27H25NO3/c1-17-9-7-8-12-21(17)14-24-26(29)25-18(2)13-23-22(27(25)31-24)15-28(16-30-23)19(3)20-10-5-4-6-11-20/h4-14,19H,15-16H2,1-3H3/b24-14-. The zero-order valence-corrected chi connectivity index (χ0v) is 18.0. The molecule has 0 bridgehead atoms. The van der Waals surface area contributed by atoms with Gasteiger partial charge in [0.1, 0.15) is 18.2 Å². The summed E-state index contributed by atoms with van der Waals surface area (Å²) in [5.74, 6) is 1.75. The monoisotopic (exact) mass is 411 g/mol. The minimum absolute atomic E-state index is 0.0632. The summed E-state index contributed by atoms with van der Waals surface area (Å²) in [5.41, 5.74) is 5.80. The molecule has 4 nitrogen and oxygen atoms in total. The van der Waals surface area contributed by atoms with Crippen LogP contribution < -0.4 is 9.47 Å². The number of aryl methyl sites for hydroxylation is 2. The number of fused-ring (bicyclic) bond motifs is 3. The summed E-state index contributed by atoms with van der Waals surface area (Å²) in [6.07, 6.45) is 1.84. The van der Waals surface area contributed by atoms with E-state index in [-0.39, 0.29) is 11.8 Å². The van der Waals surface area contributed by atoms with Gasteiger partial charge in [-0.25, -0.2) is 0 Å². The highest BCUT2D eigenvalue weighted by Gasteiger charge is 2.36. The van der Waals surface area contributed by atoms with Gasteiger partial charge in [0.25, 0.3) is 0 Å². The van der Waals surface area contributed by atoms with Crippen molar-refractivity contribution in [3.63, 3.8) is 0 Å². The first-order chi connectivity index (χ1) is 15.0. The number of carbonyl (C=O) groups excluding carboxylic acids is 1. The molecule has 0 radical (unpaired) electrons. The largest absolute Gasteiger partial charge is 0.478 e. The van der Waals surface area contributed by atoms with Crippen LogP contribution in [0.25, 0.3) is 6.08 Å². The highest BCUT2D eigenvalue weighted by Crippen LogP contribution is 2.45. The second-order valence-corrected chi connectivity index (χ2v) is 8.28. The lowest BCUT2D eigenvalue weighted by atomic mass is 9.97. The van der Waals surface area contributed by atoms with Crippen LogP contribution in [0.2, 0.25) is 0 Å². The quantitative estimate of drug-likeness (QED) is 0.508. The third-order valence-corrected chi connectivity index (χ3v) is 6.26. The maximum Gasteiger partial charge on any atom is 0.232 e. The first-order valence-corrected chi connectivity index (χ1v) is 10.6. The summed E-state index contributed by atoms with van der Waals surface area (Å²) in [7, 11) is 0. The van der Waals surface area contributed by atoms with Crippen LogP contribution in [0.1, 0.15) is 51.1 Å². The molecule has 0 N–H and O–H groups in total. The van der Waals surface area contributed by atoms with Crippen molar-refractivity contribution in [2.45, 2.75) is 33.4 Å². The number of hydrogen-bond acceptors (Lipinski definition) is 4. The molecule has 156 valence electrons. The van der Waals surface area contributed by atoms with E-state index in [1.807, 2.05) is 56.3 Å². The number of ketones is 1. The van der Waals surface area contributed by atoms with E-state index in [0.29, 0.717) is 30.3 Å². The number of benzene rings is 3. The van der Waals surface area contributed by atoms with Gasteiger partial charge < -0.3 is 9.47 Å². The Kier molecular flexibility index (Phi) is 4.87. The summed E-state index contributed by atoms with van der Waals surface area (Å²) in [6, 6.07) is 20.5. The Labute approximate surface area is 182 Å². The number of nitrogens with zero attached hydrogens (tertiary/aromatic N) is 1.